The lowest BCUT2D eigenvalue weighted by molar-refractivity contribution is 0.669. The molecule has 238 valence electrons. The number of aromatic nitrogens is 2. The van der Waals surface area contributed by atoms with E-state index < -0.39 is 0 Å². The summed E-state index contributed by atoms with van der Waals surface area (Å²) in [6, 6.07) is 64.1. The Balaban J connectivity index is 1.20. The van der Waals surface area contributed by atoms with E-state index >= 15 is 0 Å². The first-order valence-electron chi connectivity index (χ1n) is 17.2. The minimum absolute atomic E-state index is 0.693. The third kappa shape index (κ3) is 5.33. The van der Waals surface area contributed by atoms with Crippen LogP contribution in [0.4, 0.5) is 0 Å². The van der Waals surface area contributed by atoms with Crippen molar-refractivity contribution in [1.29, 1.82) is 0 Å². The molecule has 0 amide bonds. The van der Waals surface area contributed by atoms with Crippen LogP contribution in [0.5, 0.6) is 0 Å². The highest BCUT2D eigenvalue weighted by Crippen LogP contribution is 2.38. The minimum Gasteiger partial charge on any atom is -0.456 e. The van der Waals surface area contributed by atoms with E-state index in [0.717, 1.165) is 77.7 Å². The van der Waals surface area contributed by atoms with Gasteiger partial charge in [-0.1, -0.05) is 127 Å². The average molecular weight is 651 g/mol. The van der Waals surface area contributed by atoms with Crippen molar-refractivity contribution < 1.29 is 4.42 Å². The van der Waals surface area contributed by atoms with Crippen molar-refractivity contribution in [3.8, 4) is 56.2 Å². The predicted molar refractivity (Wildman–Crippen MR) is 212 cm³/mol. The van der Waals surface area contributed by atoms with Crippen molar-refractivity contribution in [2.24, 2.45) is 0 Å². The van der Waals surface area contributed by atoms with Gasteiger partial charge in [0.15, 0.2) is 5.82 Å². The van der Waals surface area contributed by atoms with E-state index in [1.165, 1.54) is 16.2 Å². The van der Waals surface area contributed by atoms with E-state index in [0.29, 0.717) is 5.82 Å². The molecule has 10 rings (SSSR count). The van der Waals surface area contributed by atoms with Gasteiger partial charge in [0, 0.05) is 27.5 Å². The number of furan rings is 1. The summed E-state index contributed by atoms with van der Waals surface area (Å²) < 4.78 is 6.33. The Kier molecular flexibility index (Phi) is 6.81. The molecule has 3 nitrogen and oxygen atoms in total. The molecule has 0 spiro atoms. The minimum atomic E-state index is 0.693. The number of hydrogen-bond donors (Lipinski definition) is 0. The fourth-order valence-electron chi connectivity index (χ4n) is 7.19. The summed E-state index contributed by atoms with van der Waals surface area (Å²) in [4.78, 5) is 10.4. The van der Waals surface area contributed by atoms with Crippen molar-refractivity contribution in [3.05, 3.63) is 182 Å². The van der Waals surface area contributed by atoms with Crippen LogP contribution in [0.1, 0.15) is 0 Å². The quantitative estimate of drug-likeness (QED) is 0.186. The molecule has 0 saturated heterocycles. The number of para-hydroxylation sites is 1. The van der Waals surface area contributed by atoms with E-state index in [9.17, 15) is 0 Å². The van der Waals surface area contributed by atoms with E-state index in [1.54, 1.807) is 0 Å². The fourth-order valence-corrected chi connectivity index (χ4v) is 7.19. The van der Waals surface area contributed by atoms with Crippen LogP contribution in [-0.4, -0.2) is 9.97 Å². The van der Waals surface area contributed by atoms with Gasteiger partial charge in [0.05, 0.1) is 11.4 Å². The van der Waals surface area contributed by atoms with Crippen molar-refractivity contribution in [1.82, 2.24) is 9.97 Å². The number of benzene rings is 8. The Bertz CT molecular complexity index is 2920. The Labute approximate surface area is 295 Å². The molecule has 0 unspecified atom stereocenters. The topological polar surface area (TPSA) is 38.9 Å². The number of rotatable bonds is 5. The molecule has 0 fully saturated rings. The highest BCUT2D eigenvalue weighted by Gasteiger charge is 2.15. The number of hydrogen-bond acceptors (Lipinski definition) is 3. The first-order valence-corrected chi connectivity index (χ1v) is 17.2. The van der Waals surface area contributed by atoms with Crippen molar-refractivity contribution in [2.45, 2.75) is 0 Å². The molecule has 0 aliphatic heterocycles. The molecule has 0 aliphatic rings. The second kappa shape index (κ2) is 11.9. The third-order valence-electron chi connectivity index (χ3n) is 9.83. The maximum absolute atomic E-state index is 6.33. The largest absolute Gasteiger partial charge is 0.456 e. The molecule has 2 heterocycles. The van der Waals surface area contributed by atoms with E-state index in [4.69, 9.17) is 14.4 Å². The molecule has 0 atom stereocenters. The van der Waals surface area contributed by atoms with Crippen LogP contribution in [0.3, 0.4) is 0 Å². The first kappa shape index (κ1) is 29.1. The van der Waals surface area contributed by atoms with Gasteiger partial charge in [0.2, 0.25) is 0 Å². The lowest BCUT2D eigenvalue weighted by Gasteiger charge is -2.14. The highest BCUT2D eigenvalue weighted by molar-refractivity contribution is 6.06. The zero-order valence-electron chi connectivity index (χ0n) is 27.6. The lowest BCUT2D eigenvalue weighted by atomic mass is 9.93. The Morgan fingerprint density at radius 3 is 1.57 bits per heavy atom. The van der Waals surface area contributed by atoms with Gasteiger partial charge in [-0.25, -0.2) is 9.97 Å². The van der Waals surface area contributed by atoms with E-state index in [2.05, 4.69) is 164 Å². The lowest BCUT2D eigenvalue weighted by Crippen LogP contribution is -1.96. The SMILES string of the molecule is c1ccc(-c2cc(-c3cc(-c4ccc5ccccc5c4)cc(-c4ccc5c(c4)oc4ccccc45)c3)nc(-c3ccc4ccccc4c3)n2)cc1. The van der Waals surface area contributed by atoms with Gasteiger partial charge >= 0.3 is 0 Å². The second-order valence-electron chi connectivity index (χ2n) is 13.1. The molecule has 0 aliphatic carbocycles. The maximum Gasteiger partial charge on any atom is 0.160 e. The monoisotopic (exact) mass is 650 g/mol. The van der Waals surface area contributed by atoms with Crippen molar-refractivity contribution in [3.63, 3.8) is 0 Å². The molecule has 0 N–H and O–H groups in total. The summed E-state index contributed by atoms with van der Waals surface area (Å²) in [5.74, 6) is 0.693. The smallest absolute Gasteiger partial charge is 0.160 e. The molecule has 0 bridgehead atoms. The Hall–Kier alpha value is -6.84. The molecule has 0 saturated carbocycles. The van der Waals surface area contributed by atoms with Crippen molar-refractivity contribution >= 4 is 43.5 Å². The van der Waals surface area contributed by atoms with Gasteiger partial charge in [0.1, 0.15) is 11.2 Å². The number of nitrogens with zero attached hydrogens (tertiary/aromatic N) is 2. The molecule has 3 heteroatoms. The zero-order chi connectivity index (χ0) is 33.7. The fraction of sp³-hybridized carbons (Fsp3) is 0. The summed E-state index contributed by atoms with van der Waals surface area (Å²) in [6.07, 6.45) is 0. The summed E-state index contributed by atoms with van der Waals surface area (Å²) >= 11 is 0. The normalized spacial score (nSPS) is 11.5. The van der Waals surface area contributed by atoms with Gasteiger partial charge in [-0.15, -0.1) is 0 Å². The van der Waals surface area contributed by atoms with Crippen LogP contribution >= 0.6 is 0 Å². The summed E-state index contributed by atoms with van der Waals surface area (Å²) in [7, 11) is 0. The molecule has 10 aromatic rings. The summed E-state index contributed by atoms with van der Waals surface area (Å²) in [5.41, 5.74) is 11.0. The average Bonchev–Trinajstić information content (AvgIpc) is 3.58. The van der Waals surface area contributed by atoms with E-state index in [-0.39, 0.29) is 0 Å². The van der Waals surface area contributed by atoms with Crippen molar-refractivity contribution in [2.75, 3.05) is 0 Å². The zero-order valence-corrected chi connectivity index (χ0v) is 27.6. The molecular formula is C48H30N2O. The van der Waals surface area contributed by atoms with Gasteiger partial charge in [-0.3, -0.25) is 0 Å². The summed E-state index contributed by atoms with van der Waals surface area (Å²) in [5, 5.41) is 7.01. The molecule has 8 aromatic carbocycles. The van der Waals surface area contributed by atoms with Crippen LogP contribution in [0.15, 0.2) is 186 Å². The maximum atomic E-state index is 6.33. The standard InChI is InChI=1S/C48H30N2O/c1-2-12-33(13-3-1)44-30-45(50-48(49-44)38-21-19-32-11-5-7-15-35(32)25-38)41-27-39(36-20-18-31-10-4-6-14-34(31)24-36)26-40(28-41)37-22-23-43-42-16-8-9-17-46(42)51-47(43)29-37/h1-30H. The third-order valence-corrected chi connectivity index (χ3v) is 9.83. The molecule has 2 aromatic heterocycles. The van der Waals surface area contributed by atoms with Gasteiger partial charge in [-0.2, -0.15) is 0 Å². The van der Waals surface area contributed by atoms with Crippen LogP contribution in [-0.2, 0) is 0 Å². The second-order valence-corrected chi connectivity index (χ2v) is 13.1. The Morgan fingerprint density at radius 2 is 0.824 bits per heavy atom. The molecule has 0 radical (unpaired) electrons. The molecule has 51 heavy (non-hydrogen) atoms. The first-order chi connectivity index (χ1) is 25.2. The van der Waals surface area contributed by atoms with Crippen LogP contribution in [0, 0.1) is 0 Å². The highest BCUT2D eigenvalue weighted by atomic mass is 16.3. The molecular weight excluding hydrogens is 621 g/mol. The summed E-state index contributed by atoms with van der Waals surface area (Å²) in [6.45, 7) is 0. The van der Waals surface area contributed by atoms with Crippen LogP contribution < -0.4 is 0 Å². The van der Waals surface area contributed by atoms with Gasteiger partial charge in [0.25, 0.3) is 0 Å². The van der Waals surface area contributed by atoms with E-state index in [1.807, 2.05) is 18.2 Å². The Morgan fingerprint density at radius 1 is 0.294 bits per heavy atom. The predicted octanol–water partition coefficient (Wildman–Crippen LogP) is 13.0. The van der Waals surface area contributed by atoms with Gasteiger partial charge in [-0.05, 0) is 98.4 Å². The number of fused-ring (bicyclic) bond motifs is 5. The van der Waals surface area contributed by atoms with Crippen LogP contribution in [0.2, 0.25) is 0 Å². The van der Waals surface area contributed by atoms with Crippen LogP contribution in [0.25, 0.3) is 99.6 Å². The van der Waals surface area contributed by atoms with Gasteiger partial charge < -0.3 is 4.42 Å².